The molecule has 0 bridgehead atoms. The summed E-state index contributed by atoms with van der Waals surface area (Å²) >= 11 is 0. The van der Waals surface area contributed by atoms with Gasteiger partial charge in [0.1, 0.15) is 5.75 Å². The molecule has 0 amide bonds. The molecule has 1 N–H and O–H groups in total. The SMILES string of the molecule is CCCCCC(Nc1ccccc1)Oc1ccccc1. The van der Waals surface area contributed by atoms with Crippen molar-refractivity contribution in [3.05, 3.63) is 60.7 Å². The van der Waals surface area contributed by atoms with E-state index in [9.17, 15) is 0 Å². The van der Waals surface area contributed by atoms with Crippen LogP contribution in [-0.4, -0.2) is 6.23 Å². The maximum Gasteiger partial charge on any atom is 0.169 e. The molecule has 0 saturated carbocycles. The molecule has 0 aliphatic rings. The first-order valence-electron chi connectivity index (χ1n) is 7.42. The molecule has 0 aliphatic heterocycles. The second kappa shape index (κ2) is 8.26. The third-order valence-electron chi connectivity index (χ3n) is 3.19. The zero-order valence-electron chi connectivity index (χ0n) is 12.1. The van der Waals surface area contributed by atoms with Gasteiger partial charge in [-0.3, -0.25) is 0 Å². The molecule has 106 valence electrons. The predicted molar refractivity (Wildman–Crippen MR) is 85.1 cm³/mol. The Morgan fingerprint density at radius 2 is 1.55 bits per heavy atom. The smallest absolute Gasteiger partial charge is 0.169 e. The lowest BCUT2D eigenvalue weighted by molar-refractivity contribution is 0.215. The van der Waals surface area contributed by atoms with E-state index in [4.69, 9.17) is 4.74 Å². The van der Waals surface area contributed by atoms with Crippen molar-refractivity contribution in [3.8, 4) is 5.75 Å². The zero-order valence-corrected chi connectivity index (χ0v) is 12.1. The van der Waals surface area contributed by atoms with Gasteiger partial charge in [0.2, 0.25) is 0 Å². The summed E-state index contributed by atoms with van der Waals surface area (Å²) < 4.78 is 6.05. The average Bonchev–Trinajstić information content (AvgIpc) is 2.49. The Morgan fingerprint density at radius 1 is 0.900 bits per heavy atom. The lowest BCUT2D eigenvalue weighted by Gasteiger charge is -2.21. The highest BCUT2D eigenvalue weighted by atomic mass is 16.5. The van der Waals surface area contributed by atoms with E-state index >= 15 is 0 Å². The lowest BCUT2D eigenvalue weighted by atomic mass is 10.2. The number of anilines is 1. The Labute approximate surface area is 121 Å². The summed E-state index contributed by atoms with van der Waals surface area (Å²) in [6.07, 6.45) is 4.67. The first-order chi connectivity index (χ1) is 9.88. The van der Waals surface area contributed by atoms with Gasteiger partial charge >= 0.3 is 0 Å². The van der Waals surface area contributed by atoms with Crippen molar-refractivity contribution in [1.29, 1.82) is 0 Å². The highest BCUT2D eigenvalue weighted by molar-refractivity contribution is 5.43. The second-order valence-corrected chi connectivity index (χ2v) is 4.93. The van der Waals surface area contributed by atoms with Gasteiger partial charge in [-0.05, 0) is 30.7 Å². The van der Waals surface area contributed by atoms with Crippen LogP contribution in [0, 0.1) is 0 Å². The molecule has 0 saturated heterocycles. The molecule has 20 heavy (non-hydrogen) atoms. The van der Waals surface area contributed by atoms with E-state index in [0.717, 1.165) is 17.9 Å². The first-order valence-corrected chi connectivity index (χ1v) is 7.42. The van der Waals surface area contributed by atoms with Crippen LogP contribution in [0.2, 0.25) is 0 Å². The Hall–Kier alpha value is -1.96. The Balaban J connectivity index is 1.96. The molecule has 0 fully saturated rings. The minimum atomic E-state index is 0.0198. The first kappa shape index (κ1) is 14.4. The fourth-order valence-corrected chi connectivity index (χ4v) is 2.12. The predicted octanol–water partition coefficient (Wildman–Crippen LogP) is 5.08. The van der Waals surface area contributed by atoms with E-state index in [1.165, 1.54) is 19.3 Å². The number of rotatable bonds is 8. The van der Waals surface area contributed by atoms with E-state index in [2.05, 4.69) is 24.4 Å². The molecule has 2 rings (SSSR count). The highest BCUT2D eigenvalue weighted by Gasteiger charge is 2.09. The topological polar surface area (TPSA) is 21.3 Å². The average molecular weight is 269 g/mol. The Bertz CT molecular complexity index is 428. The van der Waals surface area contributed by atoms with Gasteiger partial charge in [-0.1, -0.05) is 56.2 Å². The van der Waals surface area contributed by atoms with Crippen LogP contribution in [0.1, 0.15) is 32.6 Å². The van der Waals surface area contributed by atoms with Gasteiger partial charge in [0.15, 0.2) is 6.23 Å². The van der Waals surface area contributed by atoms with Gasteiger partial charge in [0.25, 0.3) is 0 Å². The fourth-order valence-electron chi connectivity index (χ4n) is 2.12. The van der Waals surface area contributed by atoms with Crippen molar-refractivity contribution in [2.24, 2.45) is 0 Å². The minimum Gasteiger partial charge on any atom is -0.471 e. The van der Waals surface area contributed by atoms with Crippen LogP contribution in [0.5, 0.6) is 5.75 Å². The normalized spacial score (nSPS) is 11.8. The highest BCUT2D eigenvalue weighted by Crippen LogP contribution is 2.17. The number of para-hydroxylation sites is 2. The molecule has 2 aromatic carbocycles. The summed E-state index contributed by atoms with van der Waals surface area (Å²) in [4.78, 5) is 0. The standard InChI is InChI=1S/C18H23NO/c1-2-3-6-15-18(19-16-11-7-4-8-12-16)20-17-13-9-5-10-14-17/h4-5,7-14,18-19H,2-3,6,15H2,1H3. The number of hydrogen-bond donors (Lipinski definition) is 1. The van der Waals surface area contributed by atoms with E-state index < -0.39 is 0 Å². The molecule has 1 atom stereocenters. The van der Waals surface area contributed by atoms with Gasteiger partial charge in [-0.15, -0.1) is 0 Å². The van der Waals surface area contributed by atoms with Crippen LogP contribution in [-0.2, 0) is 0 Å². The summed E-state index contributed by atoms with van der Waals surface area (Å²) in [5, 5.41) is 3.46. The van der Waals surface area contributed by atoms with Crippen molar-refractivity contribution in [3.63, 3.8) is 0 Å². The van der Waals surface area contributed by atoms with Crippen molar-refractivity contribution in [1.82, 2.24) is 0 Å². The van der Waals surface area contributed by atoms with E-state index in [1.54, 1.807) is 0 Å². The van der Waals surface area contributed by atoms with E-state index in [-0.39, 0.29) is 6.23 Å². The molecular weight excluding hydrogens is 246 g/mol. The van der Waals surface area contributed by atoms with Crippen LogP contribution >= 0.6 is 0 Å². The van der Waals surface area contributed by atoms with Gasteiger partial charge in [0, 0.05) is 12.1 Å². The maximum absolute atomic E-state index is 6.05. The van der Waals surface area contributed by atoms with Crippen LogP contribution < -0.4 is 10.1 Å². The summed E-state index contributed by atoms with van der Waals surface area (Å²) in [5.74, 6) is 0.914. The summed E-state index contributed by atoms with van der Waals surface area (Å²) in [6, 6.07) is 20.2. The maximum atomic E-state index is 6.05. The van der Waals surface area contributed by atoms with Crippen molar-refractivity contribution >= 4 is 5.69 Å². The van der Waals surface area contributed by atoms with Crippen molar-refractivity contribution in [2.45, 2.75) is 38.8 Å². The quantitative estimate of drug-likeness (QED) is 0.532. The number of ether oxygens (including phenoxy) is 1. The molecule has 0 heterocycles. The number of benzene rings is 2. The molecule has 0 aromatic heterocycles. The Kier molecular flexibility index (Phi) is 5.97. The zero-order chi connectivity index (χ0) is 14.0. The van der Waals surface area contributed by atoms with E-state index in [1.807, 2.05) is 48.5 Å². The largest absolute Gasteiger partial charge is 0.471 e. The monoisotopic (exact) mass is 269 g/mol. The summed E-state index contributed by atoms with van der Waals surface area (Å²) in [7, 11) is 0. The van der Waals surface area contributed by atoms with Gasteiger partial charge in [0.05, 0.1) is 0 Å². The van der Waals surface area contributed by atoms with Gasteiger partial charge in [-0.2, -0.15) is 0 Å². The molecule has 1 unspecified atom stereocenters. The molecule has 2 aromatic rings. The summed E-state index contributed by atoms with van der Waals surface area (Å²) in [6.45, 7) is 2.22. The third kappa shape index (κ3) is 4.96. The third-order valence-corrected chi connectivity index (χ3v) is 3.19. The fraction of sp³-hybridized carbons (Fsp3) is 0.333. The lowest BCUT2D eigenvalue weighted by Crippen LogP contribution is -2.26. The number of hydrogen-bond acceptors (Lipinski definition) is 2. The Morgan fingerprint density at radius 3 is 2.20 bits per heavy atom. The van der Waals surface area contributed by atoms with Gasteiger partial charge in [-0.25, -0.2) is 0 Å². The molecular formula is C18H23NO. The molecule has 0 spiro atoms. The van der Waals surface area contributed by atoms with Crippen molar-refractivity contribution < 1.29 is 4.74 Å². The molecule has 0 aliphatic carbocycles. The van der Waals surface area contributed by atoms with Crippen LogP contribution in [0.3, 0.4) is 0 Å². The summed E-state index contributed by atoms with van der Waals surface area (Å²) in [5.41, 5.74) is 1.10. The molecule has 2 heteroatoms. The second-order valence-electron chi connectivity index (χ2n) is 4.93. The van der Waals surface area contributed by atoms with Gasteiger partial charge < -0.3 is 10.1 Å². The number of unbranched alkanes of at least 4 members (excludes halogenated alkanes) is 2. The van der Waals surface area contributed by atoms with E-state index in [0.29, 0.717) is 0 Å². The number of nitrogens with one attached hydrogen (secondary N) is 1. The molecule has 2 nitrogen and oxygen atoms in total. The van der Waals surface area contributed by atoms with Crippen LogP contribution in [0.15, 0.2) is 60.7 Å². The minimum absolute atomic E-state index is 0.0198. The van der Waals surface area contributed by atoms with Crippen LogP contribution in [0.4, 0.5) is 5.69 Å². The molecule has 0 radical (unpaired) electrons. The van der Waals surface area contributed by atoms with Crippen LogP contribution in [0.25, 0.3) is 0 Å². The van der Waals surface area contributed by atoms with Crippen molar-refractivity contribution in [2.75, 3.05) is 5.32 Å².